The van der Waals surface area contributed by atoms with Gasteiger partial charge in [-0.25, -0.2) is 4.79 Å². The van der Waals surface area contributed by atoms with E-state index < -0.39 is 5.97 Å². The number of ether oxygens (including phenoxy) is 2. The van der Waals surface area contributed by atoms with Crippen LogP contribution in [0.25, 0.3) is 0 Å². The van der Waals surface area contributed by atoms with Crippen molar-refractivity contribution in [3.8, 4) is 0 Å². The second-order valence-corrected chi connectivity index (χ2v) is 5.77. The Morgan fingerprint density at radius 3 is 3.05 bits per heavy atom. The number of nitrogens with zero attached hydrogens (tertiary/aromatic N) is 1. The highest BCUT2D eigenvalue weighted by Gasteiger charge is 2.30. The van der Waals surface area contributed by atoms with Gasteiger partial charge in [-0.05, 0) is 24.1 Å². The molecule has 0 aliphatic carbocycles. The van der Waals surface area contributed by atoms with Crippen molar-refractivity contribution in [3.63, 3.8) is 0 Å². The Hall–Kier alpha value is -1.43. The van der Waals surface area contributed by atoms with E-state index in [1.54, 1.807) is 12.1 Å². The van der Waals surface area contributed by atoms with Crippen LogP contribution in [0.1, 0.15) is 22.3 Å². The van der Waals surface area contributed by atoms with Gasteiger partial charge in [-0.3, -0.25) is 4.90 Å². The van der Waals surface area contributed by atoms with Gasteiger partial charge >= 0.3 is 5.97 Å². The van der Waals surface area contributed by atoms with Crippen molar-refractivity contribution in [1.29, 1.82) is 0 Å². The van der Waals surface area contributed by atoms with Crippen LogP contribution < -0.4 is 0 Å². The Bertz CT molecular complexity index is 499. The molecule has 0 bridgehead atoms. The maximum atomic E-state index is 11.0. The fourth-order valence-corrected chi connectivity index (χ4v) is 3.07. The highest BCUT2D eigenvalue weighted by molar-refractivity contribution is 5.87. The van der Waals surface area contributed by atoms with Gasteiger partial charge in [0.05, 0.1) is 24.9 Å². The van der Waals surface area contributed by atoms with E-state index in [4.69, 9.17) is 14.6 Å². The summed E-state index contributed by atoms with van der Waals surface area (Å²) >= 11 is 0. The minimum absolute atomic E-state index is 0.240. The minimum atomic E-state index is -0.875. The molecule has 2 fully saturated rings. The van der Waals surface area contributed by atoms with Gasteiger partial charge in [0.1, 0.15) is 0 Å². The number of morpholine rings is 1. The second kappa shape index (κ2) is 6.56. The van der Waals surface area contributed by atoms with Crippen LogP contribution in [-0.2, 0) is 16.0 Å². The molecule has 1 aromatic carbocycles. The molecule has 0 radical (unpaired) electrons. The van der Waals surface area contributed by atoms with Crippen molar-refractivity contribution in [2.75, 3.05) is 32.9 Å². The molecule has 0 amide bonds. The van der Waals surface area contributed by atoms with Gasteiger partial charge in [-0.2, -0.15) is 0 Å². The molecule has 2 heterocycles. The summed E-state index contributed by atoms with van der Waals surface area (Å²) in [6, 6.07) is 7.17. The molecule has 2 unspecified atom stereocenters. The van der Waals surface area contributed by atoms with Crippen LogP contribution in [0.2, 0.25) is 0 Å². The van der Waals surface area contributed by atoms with E-state index in [1.165, 1.54) is 0 Å². The van der Waals surface area contributed by atoms with E-state index in [0.29, 0.717) is 11.5 Å². The van der Waals surface area contributed by atoms with Crippen molar-refractivity contribution in [2.24, 2.45) is 5.92 Å². The summed E-state index contributed by atoms with van der Waals surface area (Å²) in [6.07, 6.45) is 1.32. The first-order valence-electron chi connectivity index (χ1n) is 7.46. The third-order valence-electron chi connectivity index (χ3n) is 4.25. The van der Waals surface area contributed by atoms with E-state index in [9.17, 15) is 4.79 Å². The Balaban J connectivity index is 1.61. The molecule has 2 aliphatic heterocycles. The highest BCUT2D eigenvalue weighted by Crippen LogP contribution is 2.23. The first kappa shape index (κ1) is 14.5. The lowest BCUT2D eigenvalue weighted by atomic mass is 10.00. The van der Waals surface area contributed by atoms with Crippen LogP contribution in [0.3, 0.4) is 0 Å². The molecule has 1 N–H and O–H groups in total. The summed E-state index contributed by atoms with van der Waals surface area (Å²) in [6.45, 7) is 4.93. The molecule has 5 nitrogen and oxygen atoms in total. The monoisotopic (exact) mass is 291 g/mol. The lowest BCUT2D eigenvalue weighted by Gasteiger charge is -2.35. The first-order valence-corrected chi connectivity index (χ1v) is 7.46. The average Bonchev–Trinajstić information content (AvgIpc) is 3.02. The largest absolute Gasteiger partial charge is 0.478 e. The zero-order valence-electron chi connectivity index (χ0n) is 12.0. The van der Waals surface area contributed by atoms with Gasteiger partial charge in [0.25, 0.3) is 0 Å². The number of carboxylic acid groups (broad SMARTS) is 1. The number of benzene rings is 1. The maximum Gasteiger partial charge on any atom is 0.335 e. The zero-order valence-corrected chi connectivity index (χ0v) is 12.0. The molecule has 114 valence electrons. The standard InChI is InChI=1S/C16H21NO4/c18-16(19)13-3-1-2-12(8-13)9-17-5-7-21-15(10-17)14-4-6-20-11-14/h1-3,8,14-15H,4-7,9-11H2,(H,18,19). The third kappa shape index (κ3) is 3.61. The fraction of sp³-hybridized carbons (Fsp3) is 0.562. The SMILES string of the molecule is O=C(O)c1cccc(CN2CCOC(C3CCOC3)C2)c1. The Labute approximate surface area is 124 Å². The summed E-state index contributed by atoms with van der Waals surface area (Å²) in [7, 11) is 0. The predicted octanol–water partition coefficient (Wildman–Crippen LogP) is 1.62. The van der Waals surface area contributed by atoms with Crippen LogP contribution in [0.4, 0.5) is 0 Å². The van der Waals surface area contributed by atoms with Gasteiger partial charge in [0.2, 0.25) is 0 Å². The summed E-state index contributed by atoms with van der Waals surface area (Å²) in [5.74, 6) is -0.377. The molecule has 0 aromatic heterocycles. The fourth-order valence-electron chi connectivity index (χ4n) is 3.07. The van der Waals surface area contributed by atoms with Crippen molar-refractivity contribution in [3.05, 3.63) is 35.4 Å². The van der Waals surface area contributed by atoms with Crippen molar-refractivity contribution >= 4 is 5.97 Å². The summed E-state index contributed by atoms with van der Waals surface area (Å²) in [5, 5.41) is 9.05. The Morgan fingerprint density at radius 1 is 1.38 bits per heavy atom. The molecule has 21 heavy (non-hydrogen) atoms. The van der Waals surface area contributed by atoms with Gasteiger partial charge in [-0.15, -0.1) is 0 Å². The number of hydrogen-bond acceptors (Lipinski definition) is 4. The molecule has 3 rings (SSSR count). The first-order chi connectivity index (χ1) is 10.2. The van der Waals surface area contributed by atoms with E-state index in [1.807, 2.05) is 12.1 Å². The van der Waals surface area contributed by atoms with Gasteiger partial charge in [-0.1, -0.05) is 12.1 Å². The van der Waals surface area contributed by atoms with E-state index in [0.717, 1.165) is 51.4 Å². The molecule has 0 spiro atoms. The minimum Gasteiger partial charge on any atom is -0.478 e. The molecule has 2 aliphatic rings. The van der Waals surface area contributed by atoms with Crippen LogP contribution in [0.15, 0.2) is 24.3 Å². The Morgan fingerprint density at radius 2 is 2.29 bits per heavy atom. The van der Waals surface area contributed by atoms with Crippen molar-refractivity contribution < 1.29 is 19.4 Å². The Kier molecular flexibility index (Phi) is 4.53. The topological polar surface area (TPSA) is 59.0 Å². The van der Waals surface area contributed by atoms with Crippen molar-refractivity contribution in [1.82, 2.24) is 4.90 Å². The normalized spacial score (nSPS) is 26.9. The van der Waals surface area contributed by atoms with E-state index in [-0.39, 0.29) is 6.10 Å². The van der Waals surface area contributed by atoms with Crippen LogP contribution in [0, 0.1) is 5.92 Å². The second-order valence-electron chi connectivity index (χ2n) is 5.77. The number of hydrogen-bond donors (Lipinski definition) is 1. The number of aromatic carboxylic acids is 1. The van der Waals surface area contributed by atoms with Gasteiger partial charge in [0, 0.05) is 32.2 Å². The summed E-state index contributed by atoms with van der Waals surface area (Å²) in [5.41, 5.74) is 1.39. The van der Waals surface area contributed by atoms with E-state index >= 15 is 0 Å². The summed E-state index contributed by atoms with van der Waals surface area (Å²) < 4.78 is 11.3. The molecule has 2 atom stereocenters. The number of carboxylic acids is 1. The molecular weight excluding hydrogens is 270 g/mol. The smallest absolute Gasteiger partial charge is 0.335 e. The molecule has 2 saturated heterocycles. The number of carbonyl (C=O) groups is 1. The van der Waals surface area contributed by atoms with E-state index in [2.05, 4.69) is 4.90 Å². The van der Waals surface area contributed by atoms with Gasteiger partial charge in [0.15, 0.2) is 0 Å². The molecule has 0 saturated carbocycles. The zero-order chi connectivity index (χ0) is 14.7. The number of rotatable bonds is 4. The van der Waals surface area contributed by atoms with Gasteiger partial charge < -0.3 is 14.6 Å². The lowest BCUT2D eigenvalue weighted by molar-refractivity contribution is -0.0608. The predicted molar refractivity (Wildman–Crippen MR) is 77.3 cm³/mol. The van der Waals surface area contributed by atoms with Crippen LogP contribution in [-0.4, -0.2) is 55.0 Å². The lowest BCUT2D eigenvalue weighted by Crippen LogP contribution is -2.45. The van der Waals surface area contributed by atoms with Crippen molar-refractivity contribution in [2.45, 2.75) is 19.1 Å². The highest BCUT2D eigenvalue weighted by atomic mass is 16.5. The third-order valence-corrected chi connectivity index (χ3v) is 4.25. The molecule has 1 aromatic rings. The summed E-state index contributed by atoms with van der Waals surface area (Å²) in [4.78, 5) is 13.4. The maximum absolute atomic E-state index is 11.0. The van der Waals surface area contributed by atoms with Crippen LogP contribution in [0.5, 0.6) is 0 Å². The molecular formula is C16H21NO4. The average molecular weight is 291 g/mol. The molecule has 5 heteroatoms. The quantitative estimate of drug-likeness (QED) is 0.913. The van der Waals surface area contributed by atoms with Crippen LogP contribution >= 0.6 is 0 Å².